The van der Waals surface area contributed by atoms with Crippen LogP contribution in [0.3, 0.4) is 0 Å². The number of aromatic nitrogens is 1. The lowest BCUT2D eigenvalue weighted by atomic mass is 10.0. The molecule has 2 heterocycles. The van der Waals surface area contributed by atoms with E-state index in [9.17, 15) is 0 Å². The largest absolute Gasteiger partial charge is 0.409 e. The topological polar surface area (TPSA) is 74.7 Å². The third-order valence-corrected chi connectivity index (χ3v) is 3.68. The molecular weight excluding hydrogens is 224 g/mol. The Kier molecular flexibility index (Phi) is 3.74. The Bertz CT molecular complexity index is 352. The molecular formula is C10H16N4OS. The summed E-state index contributed by atoms with van der Waals surface area (Å²) in [7, 11) is 0. The highest BCUT2D eigenvalue weighted by molar-refractivity contribution is 7.09. The fraction of sp³-hybridized carbons (Fsp3) is 0.600. The van der Waals surface area contributed by atoms with E-state index in [2.05, 4.69) is 15.0 Å². The molecule has 0 aromatic carbocycles. The minimum absolute atomic E-state index is 0.0702. The van der Waals surface area contributed by atoms with Crippen molar-refractivity contribution < 1.29 is 5.21 Å². The Hall–Kier alpha value is -1.14. The van der Waals surface area contributed by atoms with Crippen molar-refractivity contribution in [2.75, 3.05) is 6.54 Å². The molecule has 0 radical (unpaired) electrons. The minimum Gasteiger partial charge on any atom is -0.409 e. The highest BCUT2D eigenvalue weighted by Crippen LogP contribution is 2.20. The number of oxime groups is 1. The lowest BCUT2D eigenvalue weighted by Gasteiger charge is -2.34. The standard InChI is InChI=1S/C10H16N4OS/c11-10(13-15)9-3-1-2-4-14(9)6-8-5-12-7-16-8/h5,7,9,15H,1-4,6H2,(H2,11,13). The molecule has 1 atom stereocenters. The first-order valence-corrected chi connectivity index (χ1v) is 6.28. The van der Waals surface area contributed by atoms with Crippen LogP contribution in [-0.4, -0.2) is 33.5 Å². The monoisotopic (exact) mass is 240 g/mol. The smallest absolute Gasteiger partial charge is 0.156 e. The van der Waals surface area contributed by atoms with Crippen molar-refractivity contribution in [2.24, 2.45) is 10.9 Å². The number of nitrogens with zero attached hydrogens (tertiary/aromatic N) is 3. The van der Waals surface area contributed by atoms with Gasteiger partial charge >= 0.3 is 0 Å². The van der Waals surface area contributed by atoms with Gasteiger partial charge in [-0.3, -0.25) is 9.88 Å². The van der Waals surface area contributed by atoms with Crippen molar-refractivity contribution in [3.05, 3.63) is 16.6 Å². The third-order valence-electron chi connectivity index (χ3n) is 2.91. The van der Waals surface area contributed by atoms with Gasteiger partial charge in [-0.15, -0.1) is 11.3 Å². The first kappa shape index (κ1) is 11.3. The summed E-state index contributed by atoms with van der Waals surface area (Å²) in [6, 6.07) is 0.0702. The molecule has 1 aromatic heterocycles. The lowest BCUT2D eigenvalue weighted by Crippen LogP contribution is -2.47. The van der Waals surface area contributed by atoms with Crippen LogP contribution in [-0.2, 0) is 6.54 Å². The molecule has 88 valence electrons. The van der Waals surface area contributed by atoms with Gasteiger partial charge in [-0.25, -0.2) is 0 Å². The van der Waals surface area contributed by atoms with Crippen LogP contribution in [0.15, 0.2) is 16.9 Å². The van der Waals surface area contributed by atoms with E-state index >= 15 is 0 Å². The van der Waals surface area contributed by atoms with E-state index < -0.39 is 0 Å². The summed E-state index contributed by atoms with van der Waals surface area (Å²) in [6.45, 7) is 1.84. The van der Waals surface area contributed by atoms with Gasteiger partial charge in [0.2, 0.25) is 0 Å². The summed E-state index contributed by atoms with van der Waals surface area (Å²) in [5.41, 5.74) is 7.54. The van der Waals surface area contributed by atoms with Gasteiger partial charge in [0.25, 0.3) is 0 Å². The molecule has 0 saturated carbocycles. The van der Waals surface area contributed by atoms with Crippen LogP contribution in [0.1, 0.15) is 24.1 Å². The summed E-state index contributed by atoms with van der Waals surface area (Å²) in [5.74, 6) is 0.323. The van der Waals surface area contributed by atoms with Gasteiger partial charge in [-0.1, -0.05) is 11.6 Å². The van der Waals surface area contributed by atoms with E-state index in [1.54, 1.807) is 11.3 Å². The molecule has 1 fully saturated rings. The van der Waals surface area contributed by atoms with Gasteiger partial charge in [0, 0.05) is 17.6 Å². The number of thiazole rings is 1. The first-order chi connectivity index (χ1) is 7.81. The number of likely N-dealkylation sites (tertiary alicyclic amines) is 1. The maximum atomic E-state index is 8.76. The molecule has 1 aromatic rings. The summed E-state index contributed by atoms with van der Waals surface area (Å²) < 4.78 is 0. The Morgan fingerprint density at radius 1 is 1.69 bits per heavy atom. The molecule has 2 rings (SSSR count). The number of hydrogen-bond donors (Lipinski definition) is 2. The SMILES string of the molecule is NC(=NO)C1CCCCN1Cc1cncs1. The second-order valence-corrected chi connectivity index (χ2v) is 4.95. The number of nitrogens with two attached hydrogens (primary N) is 1. The maximum Gasteiger partial charge on any atom is 0.156 e. The predicted molar refractivity (Wildman–Crippen MR) is 63.6 cm³/mol. The molecule has 6 heteroatoms. The molecule has 5 nitrogen and oxygen atoms in total. The van der Waals surface area contributed by atoms with E-state index in [1.165, 1.54) is 11.3 Å². The average molecular weight is 240 g/mol. The Labute approximate surface area is 98.6 Å². The summed E-state index contributed by atoms with van der Waals surface area (Å²) in [6.07, 6.45) is 5.16. The van der Waals surface area contributed by atoms with Crippen molar-refractivity contribution in [1.29, 1.82) is 0 Å². The van der Waals surface area contributed by atoms with Crippen LogP contribution >= 0.6 is 11.3 Å². The lowest BCUT2D eigenvalue weighted by molar-refractivity contribution is 0.179. The van der Waals surface area contributed by atoms with Crippen molar-refractivity contribution >= 4 is 17.2 Å². The molecule has 1 aliphatic heterocycles. The molecule has 0 bridgehead atoms. The normalized spacial score (nSPS) is 23.5. The van der Waals surface area contributed by atoms with Gasteiger partial charge in [0.1, 0.15) is 0 Å². The van der Waals surface area contributed by atoms with Crippen LogP contribution in [0, 0.1) is 0 Å². The number of amidine groups is 1. The summed E-state index contributed by atoms with van der Waals surface area (Å²) >= 11 is 1.64. The Morgan fingerprint density at radius 2 is 2.56 bits per heavy atom. The van der Waals surface area contributed by atoms with Gasteiger partial charge in [-0.2, -0.15) is 0 Å². The van der Waals surface area contributed by atoms with Crippen molar-refractivity contribution in [2.45, 2.75) is 31.8 Å². The van der Waals surface area contributed by atoms with Crippen molar-refractivity contribution in [3.63, 3.8) is 0 Å². The second kappa shape index (κ2) is 5.27. The Balaban J connectivity index is 2.05. The average Bonchev–Trinajstić information content (AvgIpc) is 2.82. The Morgan fingerprint density at radius 3 is 3.25 bits per heavy atom. The van der Waals surface area contributed by atoms with Crippen LogP contribution in [0.2, 0.25) is 0 Å². The fourth-order valence-electron chi connectivity index (χ4n) is 2.10. The van der Waals surface area contributed by atoms with E-state index in [1.807, 2.05) is 11.7 Å². The highest BCUT2D eigenvalue weighted by Gasteiger charge is 2.26. The van der Waals surface area contributed by atoms with Crippen molar-refractivity contribution in [3.8, 4) is 0 Å². The molecule has 0 aliphatic carbocycles. The van der Waals surface area contributed by atoms with Gasteiger partial charge in [-0.05, 0) is 19.4 Å². The molecule has 1 unspecified atom stereocenters. The molecule has 16 heavy (non-hydrogen) atoms. The third kappa shape index (κ3) is 2.51. The first-order valence-electron chi connectivity index (χ1n) is 5.40. The minimum atomic E-state index is 0.0702. The number of piperidine rings is 1. The van der Waals surface area contributed by atoms with Gasteiger partial charge < -0.3 is 10.9 Å². The maximum absolute atomic E-state index is 8.76. The van der Waals surface area contributed by atoms with Crippen LogP contribution in [0.5, 0.6) is 0 Å². The summed E-state index contributed by atoms with van der Waals surface area (Å²) in [4.78, 5) is 7.53. The zero-order valence-corrected chi connectivity index (χ0v) is 9.86. The van der Waals surface area contributed by atoms with Crippen LogP contribution < -0.4 is 5.73 Å². The zero-order chi connectivity index (χ0) is 11.4. The number of rotatable bonds is 3. The van der Waals surface area contributed by atoms with E-state index in [0.29, 0.717) is 5.84 Å². The van der Waals surface area contributed by atoms with Crippen LogP contribution in [0.25, 0.3) is 0 Å². The van der Waals surface area contributed by atoms with E-state index in [0.717, 1.165) is 25.9 Å². The predicted octanol–water partition coefficient (Wildman–Crippen LogP) is 1.24. The van der Waals surface area contributed by atoms with Crippen molar-refractivity contribution in [1.82, 2.24) is 9.88 Å². The zero-order valence-electron chi connectivity index (χ0n) is 9.04. The quantitative estimate of drug-likeness (QED) is 0.361. The van der Waals surface area contributed by atoms with Gasteiger partial charge in [0.15, 0.2) is 5.84 Å². The van der Waals surface area contributed by atoms with E-state index in [-0.39, 0.29) is 6.04 Å². The fourth-order valence-corrected chi connectivity index (χ4v) is 2.72. The second-order valence-electron chi connectivity index (χ2n) is 3.97. The molecule has 0 spiro atoms. The highest BCUT2D eigenvalue weighted by atomic mass is 32.1. The number of hydrogen-bond acceptors (Lipinski definition) is 5. The molecule has 1 aliphatic rings. The summed E-state index contributed by atoms with van der Waals surface area (Å²) in [5, 5.41) is 11.9. The molecule has 3 N–H and O–H groups in total. The van der Waals surface area contributed by atoms with E-state index in [4.69, 9.17) is 10.9 Å². The van der Waals surface area contributed by atoms with Crippen LogP contribution in [0.4, 0.5) is 0 Å². The van der Waals surface area contributed by atoms with Gasteiger partial charge in [0.05, 0.1) is 11.6 Å². The molecule has 0 amide bonds. The molecule has 1 saturated heterocycles.